The molecule has 2 aromatic rings. The number of nitrogens with zero attached hydrogens (tertiary/aromatic N) is 2. The predicted octanol–water partition coefficient (Wildman–Crippen LogP) is 3.92. The lowest BCUT2D eigenvalue weighted by atomic mass is 10.2. The van der Waals surface area contributed by atoms with Crippen LogP contribution in [0.2, 0.25) is 0 Å². The van der Waals surface area contributed by atoms with Gasteiger partial charge in [0.25, 0.3) is 5.69 Å². The van der Waals surface area contributed by atoms with Crippen molar-refractivity contribution in [2.45, 2.75) is 29.4 Å². The first-order valence-corrected chi connectivity index (χ1v) is 10.3. The van der Waals surface area contributed by atoms with Crippen molar-refractivity contribution >= 4 is 27.5 Å². The summed E-state index contributed by atoms with van der Waals surface area (Å²) in [4.78, 5) is 11.3. The average molecular weight is 380 g/mol. The van der Waals surface area contributed by atoms with Gasteiger partial charge in [0.2, 0.25) is 10.0 Å². The number of sulfonamides is 1. The third kappa shape index (κ3) is 4.59. The van der Waals surface area contributed by atoms with Crippen LogP contribution in [0.4, 0.5) is 5.69 Å². The first kappa shape index (κ1) is 19.4. The normalized spacial score (nSPS) is 11.6. The zero-order chi connectivity index (χ0) is 18.4. The first-order valence-electron chi connectivity index (χ1n) is 7.85. The molecule has 0 bridgehead atoms. The van der Waals surface area contributed by atoms with Crippen molar-refractivity contribution in [3.63, 3.8) is 0 Å². The lowest BCUT2D eigenvalue weighted by Gasteiger charge is -2.18. The summed E-state index contributed by atoms with van der Waals surface area (Å²) in [6.07, 6.45) is 0. The molecular weight excluding hydrogens is 360 g/mol. The van der Waals surface area contributed by atoms with E-state index in [-0.39, 0.29) is 10.6 Å². The zero-order valence-corrected chi connectivity index (χ0v) is 15.7. The predicted molar refractivity (Wildman–Crippen MR) is 99.2 cm³/mol. The highest BCUT2D eigenvalue weighted by Crippen LogP contribution is 2.34. The third-order valence-electron chi connectivity index (χ3n) is 3.71. The second kappa shape index (κ2) is 8.46. The van der Waals surface area contributed by atoms with Gasteiger partial charge in [-0.25, -0.2) is 8.42 Å². The third-order valence-corrected chi connectivity index (χ3v) is 6.89. The minimum absolute atomic E-state index is 0.0491. The summed E-state index contributed by atoms with van der Waals surface area (Å²) in [5.41, 5.74) is 0.857. The zero-order valence-electron chi connectivity index (χ0n) is 14.1. The number of benzene rings is 2. The number of nitro benzene ring substituents is 1. The van der Waals surface area contributed by atoms with Gasteiger partial charge in [0.05, 0.1) is 14.7 Å². The van der Waals surface area contributed by atoms with E-state index in [1.54, 1.807) is 13.8 Å². The number of hydrogen-bond acceptors (Lipinski definition) is 5. The molecule has 0 atom stereocenters. The number of nitro groups is 1. The minimum atomic E-state index is -3.72. The van der Waals surface area contributed by atoms with E-state index in [2.05, 4.69) is 0 Å². The summed E-state index contributed by atoms with van der Waals surface area (Å²) >= 11 is 1.32. The fourth-order valence-corrected chi connectivity index (χ4v) is 4.81. The molecule has 0 spiro atoms. The summed E-state index contributed by atoms with van der Waals surface area (Å²) in [5, 5.41) is 11.4. The van der Waals surface area contributed by atoms with Crippen LogP contribution >= 0.6 is 11.8 Å². The number of thioether (sulfide) groups is 1. The highest BCUT2D eigenvalue weighted by molar-refractivity contribution is 7.98. The van der Waals surface area contributed by atoms with E-state index in [9.17, 15) is 18.5 Å². The molecule has 0 unspecified atom stereocenters. The van der Waals surface area contributed by atoms with Gasteiger partial charge in [0.1, 0.15) is 0 Å². The molecule has 0 aliphatic carbocycles. The largest absolute Gasteiger partial charge is 0.284 e. The highest BCUT2D eigenvalue weighted by atomic mass is 32.2. The van der Waals surface area contributed by atoms with E-state index in [0.717, 1.165) is 11.6 Å². The van der Waals surface area contributed by atoms with Gasteiger partial charge in [-0.2, -0.15) is 4.31 Å². The molecule has 0 saturated heterocycles. The number of hydrogen-bond donors (Lipinski definition) is 0. The van der Waals surface area contributed by atoms with E-state index in [1.165, 1.54) is 28.2 Å². The SMILES string of the molecule is CCN(CC)S(=O)(=O)c1ccc(SCc2ccccc2)c([N+](=O)[O-])c1. The van der Waals surface area contributed by atoms with Crippen LogP contribution in [-0.2, 0) is 15.8 Å². The Labute approximate surface area is 152 Å². The molecule has 0 N–H and O–H groups in total. The minimum Gasteiger partial charge on any atom is -0.258 e. The van der Waals surface area contributed by atoms with Crippen LogP contribution < -0.4 is 0 Å². The van der Waals surface area contributed by atoms with Crippen LogP contribution in [0.5, 0.6) is 0 Å². The molecule has 0 radical (unpaired) electrons. The van der Waals surface area contributed by atoms with Gasteiger partial charge in [-0.3, -0.25) is 10.1 Å². The van der Waals surface area contributed by atoms with Gasteiger partial charge in [-0.15, -0.1) is 11.8 Å². The Hall–Kier alpha value is -1.90. The molecule has 0 heterocycles. The van der Waals surface area contributed by atoms with Crippen LogP contribution in [0.3, 0.4) is 0 Å². The van der Waals surface area contributed by atoms with Crippen LogP contribution in [0.25, 0.3) is 0 Å². The molecule has 0 aliphatic heterocycles. The second-order valence-corrected chi connectivity index (χ2v) is 8.21. The Morgan fingerprint density at radius 2 is 1.72 bits per heavy atom. The summed E-state index contributed by atoms with van der Waals surface area (Å²) in [6.45, 7) is 4.10. The van der Waals surface area contributed by atoms with Crippen molar-refractivity contribution in [1.82, 2.24) is 4.31 Å². The molecular formula is C17H20N2O4S2. The Kier molecular flexibility index (Phi) is 6.57. The monoisotopic (exact) mass is 380 g/mol. The lowest BCUT2D eigenvalue weighted by molar-refractivity contribution is -0.388. The van der Waals surface area contributed by atoms with Crippen molar-refractivity contribution in [2.75, 3.05) is 13.1 Å². The summed E-state index contributed by atoms with van der Waals surface area (Å²) < 4.78 is 26.4. The lowest BCUT2D eigenvalue weighted by Crippen LogP contribution is -2.30. The van der Waals surface area contributed by atoms with Crippen LogP contribution in [0.1, 0.15) is 19.4 Å². The maximum Gasteiger partial charge on any atom is 0.284 e. The highest BCUT2D eigenvalue weighted by Gasteiger charge is 2.25. The fraction of sp³-hybridized carbons (Fsp3) is 0.294. The maximum absolute atomic E-state index is 12.6. The second-order valence-electron chi connectivity index (χ2n) is 5.25. The standard InChI is InChI=1S/C17H20N2O4S2/c1-3-18(4-2)25(22,23)15-10-11-17(16(12-15)19(20)21)24-13-14-8-6-5-7-9-14/h5-12H,3-4,13H2,1-2H3. The Balaban J connectivity index is 2.33. The summed E-state index contributed by atoms with van der Waals surface area (Å²) in [7, 11) is -3.72. The van der Waals surface area contributed by atoms with Gasteiger partial charge >= 0.3 is 0 Å². The molecule has 2 rings (SSSR count). The van der Waals surface area contributed by atoms with E-state index in [0.29, 0.717) is 23.7 Å². The van der Waals surface area contributed by atoms with E-state index in [4.69, 9.17) is 0 Å². The number of rotatable bonds is 8. The smallest absolute Gasteiger partial charge is 0.258 e. The van der Waals surface area contributed by atoms with Crippen molar-refractivity contribution in [1.29, 1.82) is 0 Å². The van der Waals surface area contributed by atoms with Crippen molar-refractivity contribution in [2.24, 2.45) is 0 Å². The van der Waals surface area contributed by atoms with Gasteiger partial charge in [-0.1, -0.05) is 44.2 Å². The molecule has 25 heavy (non-hydrogen) atoms. The van der Waals surface area contributed by atoms with Crippen LogP contribution in [0.15, 0.2) is 58.3 Å². The van der Waals surface area contributed by atoms with Crippen molar-refractivity contribution < 1.29 is 13.3 Å². The van der Waals surface area contributed by atoms with Gasteiger partial charge in [-0.05, 0) is 17.7 Å². The van der Waals surface area contributed by atoms with Gasteiger partial charge in [0.15, 0.2) is 0 Å². The van der Waals surface area contributed by atoms with E-state index < -0.39 is 14.9 Å². The molecule has 134 valence electrons. The van der Waals surface area contributed by atoms with Crippen LogP contribution in [0, 0.1) is 10.1 Å². The van der Waals surface area contributed by atoms with E-state index >= 15 is 0 Å². The van der Waals surface area contributed by atoms with Gasteiger partial charge in [0, 0.05) is 24.9 Å². The molecule has 0 amide bonds. The van der Waals surface area contributed by atoms with Gasteiger partial charge < -0.3 is 0 Å². The fourth-order valence-electron chi connectivity index (χ4n) is 2.37. The molecule has 2 aromatic carbocycles. The van der Waals surface area contributed by atoms with Crippen LogP contribution in [-0.4, -0.2) is 30.7 Å². The molecule has 0 aliphatic rings. The molecule has 0 fully saturated rings. The maximum atomic E-state index is 12.6. The molecule has 6 nitrogen and oxygen atoms in total. The van der Waals surface area contributed by atoms with Crippen molar-refractivity contribution in [3.8, 4) is 0 Å². The molecule has 0 saturated carbocycles. The Morgan fingerprint density at radius 3 is 2.28 bits per heavy atom. The average Bonchev–Trinajstić information content (AvgIpc) is 2.61. The Bertz CT molecular complexity index is 835. The molecule has 8 heteroatoms. The molecule has 0 aromatic heterocycles. The summed E-state index contributed by atoms with van der Waals surface area (Å²) in [5.74, 6) is 0.573. The topological polar surface area (TPSA) is 80.5 Å². The summed E-state index contributed by atoms with van der Waals surface area (Å²) in [6, 6.07) is 13.7. The Morgan fingerprint density at radius 1 is 1.08 bits per heavy atom. The quantitative estimate of drug-likeness (QED) is 0.394. The van der Waals surface area contributed by atoms with Crippen molar-refractivity contribution in [3.05, 3.63) is 64.2 Å². The van der Waals surface area contributed by atoms with E-state index in [1.807, 2.05) is 30.3 Å². The first-order chi connectivity index (χ1) is 11.9.